The molecule has 0 aliphatic rings. The van der Waals surface area contributed by atoms with Gasteiger partial charge < -0.3 is 14.8 Å². The number of hydrogen-bond acceptors (Lipinski definition) is 6. The largest absolute Gasteiger partial charge is 0.490 e. The summed E-state index contributed by atoms with van der Waals surface area (Å²) in [6, 6.07) is 11.3. The minimum atomic E-state index is -0.541. The minimum absolute atomic E-state index is 0.141. The number of nitrogens with zero attached hydrogens (tertiary/aromatic N) is 1. The minimum Gasteiger partial charge on any atom is -0.490 e. The van der Waals surface area contributed by atoms with Crippen LogP contribution < -0.4 is 20.2 Å². The molecule has 2 amide bonds. The Hall–Kier alpha value is -3.39. The van der Waals surface area contributed by atoms with Crippen LogP contribution in [-0.4, -0.2) is 37.1 Å². The van der Waals surface area contributed by atoms with Gasteiger partial charge in [-0.05, 0) is 61.4 Å². The van der Waals surface area contributed by atoms with Crippen LogP contribution >= 0.6 is 11.6 Å². The maximum absolute atomic E-state index is 12.4. The lowest BCUT2D eigenvalue weighted by Crippen LogP contribution is -2.34. The van der Waals surface area contributed by atoms with E-state index in [1.807, 2.05) is 6.92 Å². The van der Waals surface area contributed by atoms with Gasteiger partial charge in [0.05, 0.1) is 24.9 Å². The van der Waals surface area contributed by atoms with Crippen molar-refractivity contribution in [3.05, 3.63) is 58.6 Å². The second-order valence-electron chi connectivity index (χ2n) is 8.48. The third-order valence-corrected chi connectivity index (χ3v) is 5.66. The summed E-state index contributed by atoms with van der Waals surface area (Å²) in [5, 5.41) is 7.06. The maximum Gasteiger partial charge on any atom is 0.343 e. The zero-order valence-electron chi connectivity index (χ0n) is 21.6. The van der Waals surface area contributed by atoms with Gasteiger partial charge in [-0.2, -0.15) is 5.10 Å². The lowest BCUT2D eigenvalue weighted by molar-refractivity contribution is -0.126. The number of ether oxygens (including phenoxy) is 2. The molecular formula is C28H36ClN3O5. The molecule has 0 saturated heterocycles. The van der Waals surface area contributed by atoms with Crippen molar-refractivity contribution in [2.45, 2.75) is 65.2 Å². The fraction of sp³-hybridized carbons (Fsp3) is 0.429. The highest BCUT2D eigenvalue weighted by atomic mass is 35.5. The van der Waals surface area contributed by atoms with Gasteiger partial charge in [-0.15, -0.1) is 0 Å². The molecule has 8 nitrogen and oxygen atoms in total. The van der Waals surface area contributed by atoms with E-state index in [1.54, 1.807) is 42.5 Å². The Morgan fingerprint density at radius 2 is 1.59 bits per heavy atom. The highest BCUT2D eigenvalue weighted by Gasteiger charge is 2.13. The summed E-state index contributed by atoms with van der Waals surface area (Å²) in [5.41, 5.74) is 3.36. The van der Waals surface area contributed by atoms with Crippen LogP contribution in [0.5, 0.6) is 11.5 Å². The Balaban J connectivity index is 1.78. The summed E-state index contributed by atoms with van der Waals surface area (Å²) in [7, 11) is 0. The van der Waals surface area contributed by atoms with Crippen molar-refractivity contribution >= 4 is 35.6 Å². The first-order valence-corrected chi connectivity index (χ1v) is 13.1. The first kappa shape index (κ1) is 29.8. The molecule has 0 fully saturated rings. The molecule has 0 bridgehead atoms. The smallest absolute Gasteiger partial charge is 0.343 e. The van der Waals surface area contributed by atoms with Gasteiger partial charge >= 0.3 is 5.97 Å². The van der Waals surface area contributed by atoms with E-state index in [1.165, 1.54) is 31.9 Å². The molecule has 2 N–H and O–H groups in total. The van der Waals surface area contributed by atoms with E-state index in [0.29, 0.717) is 34.9 Å². The molecule has 0 aliphatic carbocycles. The van der Waals surface area contributed by atoms with Gasteiger partial charge in [-0.3, -0.25) is 9.59 Å². The van der Waals surface area contributed by atoms with Crippen LogP contribution in [0.1, 0.15) is 81.1 Å². The van der Waals surface area contributed by atoms with Gasteiger partial charge in [0, 0.05) is 11.4 Å². The lowest BCUT2D eigenvalue weighted by atomic mass is 10.1. The van der Waals surface area contributed by atoms with Gasteiger partial charge in [-0.1, -0.05) is 57.0 Å². The molecule has 200 valence electrons. The van der Waals surface area contributed by atoms with E-state index in [0.717, 1.165) is 19.3 Å². The van der Waals surface area contributed by atoms with Crippen LogP contribution in [-0.2, 0) is 9.59 Å². The first-order valence-electron chi connectivity index (χ1n) is 12.8. The van der Waals surface area contributed by atoms with Crippen LogP contribution in [0, 0.1) is 0 Å². The van der Waals surface area contributed by atoms with E-state index >= 15 is 0 Å². The molecule has 2 rings (SSSR count). The quantitative estimate of drug-likeness (QED) is 0.0958. The summed E-state index contributed by atoms with van der Waals surface area (Å²) in [6.07, 6.45) is 9.78. The van der Waals surface area contributed by atoms with Gasteiger partial charge in [0.1, 0.15) is 0 Å². The van der Waals surface area contributed by atoms with Crippen molar-refractivity contribution in [2.24, 2.45) is 5.10 Å². The van der Waals surface area contributed by atoms with E-state index in [2.05, 4.69) is 22.8 Å². The Morgan fingerprint density at radius 1 is 0.892 bits per heavy atom. The topological polar surface area (TPSA) is 106 Å². The van der Waals surface area contributed by atoms with Crippen molar-refractivity contribution in [3.63, 3.8) is 0 Å². The summed E-state index contributed by atoms with van der Waals surface area (Å²) in [5.74, 6) is -0.495. The molecule has 0 heterocycles. The molecule has 0 unspecified atom stereocenters. The Kier molecular flexibility index (Phi) is 13.8. The molecule has 2 aromatic rings. The Labute approximate surface area is 223 Å². The second kappa shape index (κ2) is 17.1. The zero-order chi connectivity index (χ0) is 26.9. The van der Waals surface area contributed by atoms with Crippen LogP contribution in [0.15, 0.2) is 47.6 Å². The molecular weight excluding hydrogens is 494 g/mol. The fourth-order valence-corrected chi connectivity index (χ4v) is 3.56. The summed E-state index contributed by atoms with van der Waals surface area (Å²) >= 11 is 5.86. The molecule has 0 aliphatic heterocycles. The number of carbonyl (C=O) groups excluding carboxylic acids is 3. The highest BCUT2D eigenvalue weighted by Crippen LogP contribution is 2.29. The number of nitrogens with one attached hydrogen (secondary N) is 2. The predicted molar refractivity (Wildman–Crippen MR) is 145 cm³/mol. The summed E-state index contributed by atoms with van der Waals surface area (Å²) < 4.78 is 11.1. The van der Waals surface area contributed by atoms with Gasteiger partial charge in [0.2, 0.25) is 5.91 Å². The molecule has 0 spiro atoms. The average molecular weight is 530 g/mol. The summed E-state index contributed by atoms with van der Waals surface area (Å²) in [4.78, 5) is 36.3. The molecule has 37 heavy (non-hydrogen) atoms. The number of unbranched alkanes of at least 4 members (excludes halogenated alkanes) is 6. The number of rotatable bonds is 16. The van der Waals surface area contributed by atoms with Gasteiger partial charge in [0.25, 0.3) is 5.91 Å². The standard InChI is InChI=1S/C28H36ClN3O5/c1-3-5-6-7-8-9-10-11-26(33)30-20-27(34)32-31-19-21-12-17-24(25(18-21)36-4-2)37-28(35)22-13-15-23(29)16-14-22/h12-19H,3-11,20H2,1-2H3,(H,30,33)(H,32,34)/b31-19+. The molecule has 9 heteroatoms. The number of esters is 1. The van der Waals surface area contributed by atoms with E-state index in [9.17, 15) is 14.4 Å². The third-order valence-electron chi connectivity index (χ3n) is 5.41. The fourth-order valence-electron chi connectivity index (χ4n) is 3.43. The van der Waals surface area contributed by atoms with Crippen molar-refractivity contribution in [1.82, 2.24) is 10.7 Å². The van der Waals surface area contributed by atoms with E-state index < -0.39 is 11.9 Å². The van der Waals surface area contributed by atoms with Crippen molar-refractivity contribution < 1.29 is 23.9 Å². The number of amides is 2. The van der Waals surface area contributed by atoms with Crippen LogP contribution in [0.4, 0.5) is 0 Å². The SMILES string of the molecule is CCCCCCCCCC(=O)NCC(=O)N/N=C/c1ccc(OC(=O)c2ccc(Cl)cc2)c(OCC)c1. The highest BCUT2D eigenvalue weighted by molar-refractivity contribution is 6.30. The third kappa shape index (κ3) is 11.9. The first-order chi connectivity index (χ1) is 17.9. The Bertz CT molecular complexity index is 1040. The van der Waals surface area contributed by atoms with E-state index in [4.69, 9.17) is 21.1 Å². The van der Waals surface area contributed by atoms with Crippen LogP contribution in [0.25, 0.3) is 0 Å². The number of hydrogen-bond donors (Lipinski definition) is 2. The predicted octanol–water partition coefficient (Wildman–Crippen LogP) is 5.66. The molecule has 0 radical (unpaired) electrons. The number of halogens is 1. The van der Waals surface area contributed by atoms with Gasteiger partial charge in [-0.25, -0.2) is 10.2 Å². The van der Waals surface area contributed by atoms with Crippen LogP contribution in [0.2, 0.25) is 5.02 Å². The second-order valence-corrected chi connectivity index (χ2v) is 8.91. The van der Waals surface area contributed by atoms with E-state index in [-0.39, 0.29) is 18.2 Å². The monoisotopic (exact) mass is 529 g/mol. The average Bonchev–Trinajstić information content (AvgIpc) is 2.89. The number of hydrazone groups is 1. The van der Waals surface area contributed by atoms with Crippen molar-refractivity contribution in [3.8, 4) is 11.5 Å². The van der Waals surface area contributed by atoms with Gasteiger partial charge in [0.15, 0.2) is 11.5 Å². The van der Waals surface area contributed by atoms with Crippen molar-refractivity contribution in [2.75, 3.05) is 13.2 Å². The zero-order valence-corrected chi connectivity index (χ0v) is 22.3. The molecule has 0 atom stereocenters. The lowest BCUT2D eigenvalue weighted by Gasteiger charge is -2.11. The molecule has 0 saturated carbocycles. The number of benzene rings is 2. The number of carbonyl (C=O) groups is 3. The Morgan fingerprint density at radius 3 is 2.30 bits per heavy atom. The normalized spacial score (nSPS) is 10.8. The summed E-state index contributed by atoms with van der Waals surface area (Å²) in [6.45, 7) is 4.22. The molecule has 2 aromatic carbocycles. The maximum atomic E-state index is 12.4. The van der Waals surface area contributed by atoms with Crippen molar-refractivity contribution in [1.29, 1.82) is 0 Å². The molecule has 0 aromatic heterocycles. The van der Waals surface area contributed by atoms with Crippen LogP contribution in [0.3, 0.4) is 0 Å².